The lowest BCUT2D eigenvalue weighted by Gasteiger charge is -2.15. The fraction of sp³-hybridized carbons (Fsp3) is 0.500. The normalized spacial score (nSPS) is 11.1. The molecule has 0 bridgehead atoms. The highest BCUT2D eigenvalue weighted by Gasteiger charge is 2.11. The number of nitrogens with one attached hydrogen (secondary N) is 1. The van der Waals surface area contributed by atoms with Crippen LogP contribution in [0.25, 0.3) is 0 Å². The van der Waals surface area contributed by atoms with Crippen molar-refractivity contribution >= 4 is 39.9 Å². The van der Waals surface area contributed by atoms with Crippen molar-refractivity contribution in [3.05, 3.63) is 34.3 Å². The summed E-state index contributed by atoms with van der Waals surface area (Å²) in [7, 11) is -0.954. The topological polar surface area (TPSA) is 55.7 Å². The van der Waals surface area contributed by atoms with Crippen molar-refractivity contribution < 1.29 is 4.74 Å². The van der Waals surface area contributed by atoms with Crippen molar-refractivity contribution in [2.75, 3.05) is 6.61 Å². The van der Waals surface area contributed by atoms with Crippen molar-refractivity contribution in [1.82, 2.24) is 19.5 Å². The minimum atomic E-state index is -0.954. The number of rotatable bonds is 5. The number of imidazole rings is 2. The average Bonchev–Trinajstić information content (AvgIpc) is 2.96. The molecule has 0 amide bonds. The Labute approximate surface area is 137 Å². The van der Waals surface area contributed by atoms with E-state index in [1.807, 2.05) is 10.8 Å². The molecule has 2 aromatic rings. The lowest BCUT2D eigenvalue weighted by molar-refractivity contribution is 0.0856. The van der Waals surface area contributed by atoms with E-state index in [9.17, 15) is 0 Å². The number of halogens is 2. The molecule has 0 radical (unpaired) electrons. The summed E-state index contributed by atoms with van der Waals surface area (Å²) in [6.07, 6.45) is 7.10. The summed E-state index contributed by atoms with van der Waals surface area (Å²) in [5, 5.41) is 0. The third kappa shape index (κ3) is 7.98. The van der Waals surface area contributed by atoms with E-state index in [-0.39, 0.29) is 0 Å². The molecule has 112 valence electrons. The third-order valence-corrected chi connectivity index (χ3v) is 5.15. The molecule has 0 saturated heterocycles. The Balaban J connectivity index is 0.000000276. The number of aromatic amines is 1. The second kappa shape index (κ2) is 8.76. The van der Waals surface area contributed by atoms with Crippen molar-refractivity contribution in [2.24, 2.45) is 0 Å². The van der Waals surface area contributed by atoms with Crippen LogP contribution in [0.2, 0.25) is 25.7 Å². The van der Waals surface area contributed by atoms with Crippen LogP contribution in [0, 0.1) is 0 Å². The van der Waals surface area contributed by atoms with Crippen molar-refractivity contribution in [3.8, 4) is 0 Å². The van der Waals surface area contributed by atoms with Gasteiger partial charge in [0.1, 0.15) is 6.73 Å². The lowest BCUT2D eigenvalue weighted by Crippen LogP contribution is -2.22. The third-order valence-electron chi connectivity index (χ3n) is 2.36. The lowest BCUT2D eigenvalue weighted by atomic mass is 10.8. The van der Waals surface area contributed by atoms with Gasteiger partial charge < -0.3 is 14.3 Å². The summed E-state index contributed by atoms with van der Waals surface area (Å²) in [6, 6.07) is 1.21. The number of hydrogen-bond acceptors (Lipinski definition) is 3. The van der Waals surface area contributed by atoms with Gasteiger partial charge in [0.15, 0.2) is 9.47 Å². The molecule has 0 spiro atoms. The molecule has 0 aliphatic heterocycles. The van der Waals surface area contributed by atoms with E-state index in [2.05, 4.69) is 66.5 Å². The van der Waals surface area contributed by atoms with E-state index in [1.54, 1.807) is 18.6 Å². The van der Waals surface area contributed by atoms with Gasteiger partial charge >= 0.3 is 0 Å². The maximum absolute atomic E-state index is 5.56. The number of H-pyrrole nitrogens is 1. The molecule has 20 heavy (non-hydrogen) atoms. The molecular weight excluding hydrogens is 404 g/mol. The van der Waals surface area contributed by atoms with Gasteiger partial charge in [0, 0.05) is 39.5 Å². The highest BCUT2D eigenvalue weighted by atomic mass is 79.9. The molecule has 2 aromatic heterocycles. The Hall–Kier alpha value is -0.443. The van der Waals surface area contributed by atoms with Crippen LogP contribution in [0.15, 0.2) is 34.3 Å². The van der Waals surface area contributed by atoms with Crippen LogP contribution in [0.1, 0.15) is 0 Å². The number of nitrogens with zero attached hydrogens (tertiary/aromatic N) is 3. The van der Waals surface area contributed by atoms with E-state index < -0.39 is 8.07 Å². The van der Waals surface area contributed by atoms with Crippen LogP contribution < -0.4 is 0 Å². The molecule has 0 aliphatic carbocycles. The van der Waals surface area contributed by atoms with Gasteiger partial charge in [0.2, 0.25) is 0 Å². The van der Waals surface area contributed by atoms with Gasteiger partial charge in [-0.2, -0.15) is 0 Å². The van der Waals surface area contributed by atoms with Crippen LogP contribution in [0.3, 0.4) is 0 Å². The molecule has 0 unspecified atom stereocenters. The van der Waals surface area contributed by atoms with E-state index in [0.717, 1.165) is 16.1 Å². The minimum absolute atomic E-state index is 0.588. The van der Waals surface area contributed by atoms with Gasteiger partial charge in [-0.15, -0.1) is 0 Å². The minimum Gasteiger partial charge on any atom is -0.361 e. The second-order valence-corrected chi connectivity index (χ2v) is 12.5. The molecular formula is C12H20Br2N4OSi. The molecule has 0 atom stereocenters. The summed E-state index contributed by atoms with van der Waals surface area (Å²) in [5.74, 6) is 0. The first kappa shape index (κ1) is 17.6. The average molecular weight is 424 g/mol. The Morgan fingerprint density at radius 1 is 1.25 bits per heavy atom. The summed E-state index contributed by atoms with van der Waals surface area (Å²) in [5.41, 5.74) is 0. The highest BCUT2D eigenvalue weighted by Crippen LogP contribution is 2.09. The van der Waals surface area contributed by atoms with Gasteiger partial charge in [-0.05, 0) is 37.9 Å². The predicted octanol–water partition coefficient (Wildman–Crippen LogP) is 4.13. The number of hydrogen-bond donors (Lipinski definition) is 1. The molecule has 5 nitrogen and oxygen atoms in total. The van der Waals surface area contributed by atoms with Gasteiger partial charge in [0.25, 0.3) is 0 Å². The Kier molecular flexibility index (Phi) is 7.71. The van der Waals surface area contributed by atoms with Crippen molar-refractivity contribution in [3.63, 3.8) is 0 Å². The summed E-state index contributed by atoms with van der Waals surface area (Å²) in [6.45, 7) is 8.49. The molecule has 2 heterocycles. The zero-order valence-electron chi connectivity index (χ0n) is 11.9. The second-order valence-electron chi connectivity index (χ2n) is 5.39. The molecule has 0 aromatic carbocycles. The zero-order valence-corrected chi connectivity index (χ0v) is 16.1. The van der Waals surface area contributed by atoms with E-state index >= 15 is 0 Å². The summed E-state index contributed by atoms with van der Waals surface area (Å²) >= 11 is 6.45. The van der Waals surface area contributed by atoms with Gasteiger partial charge in [-0.3, -0.25) is 0 Å². The summed E-state index contributed by atoms with van der Waals surface area (Å²) in [4.78, 5) is 10.6. The maximum atomic E-state index is 5.56. The van der Waals surface area contributed by atoms with E-state index in [0.29, 0.717) is 6.73 Å². The fourth-order valence-corrected chi connectivity index (χ4v) is 2.54. The quantitative estimate of drug-likeness (QED) is 0.580. The summed E-state index contributed by atoms with van der Waals surface area (Å²) < 4.78 is 9.10. The first-order valence-corrected chi connectivity index (χ1v) is 11.6. The molecule has 2 rings (SSSR count). The number of aromatic nitrogens is 4. The maximum Gasteiger partial charge on any atom is 0.178 e. The molecule has 8 heteroatoms. The standard InChI is InChI=1S/C9H17BrN2OSi.C3H3BrN2/c1-14(2,3)7-6-13-8-12-5-4-11-9(12)10;4-3-5-1-2-6-3/h4-5H,6-8H2,1-3H3;1-2H,(H,5,6). The van der Waals surface area contributed by atoms with Gasteiger partial charge in [-0.25, -0.2) is 9.97 Å². The molecule has 0 saturated carbocycles. The van der Waals surface area contributed by atoms with Crippen LogP contribution in [0.5, 0.6) is 0 Å². The van der Waals surface area contributed by atoms with E-state index in [1.165, 1.54) is 6.04 Å². The van der Waals surface area contributed by atoms with E-state index in [4.69, 9.17) is 4.74 Å². The zero-order chi connectivity index (χ0) is 15.0. The van der Waals surface area contributed by atoms with Gasteiger partial charge in [0.05, 0.1) is 0 Å². The molecule has 0 fully saturated rings. The van der Waals surface area contributed by atoms with Gasteiger partial charge in [-0.1, -0.05) is 19.6 Å². The first-order valence-electron chi connectivity index (χ1n) is 6.28. The largest absolute Gasteiger partial charge is 0.361 e. The number of ether oxygens (including phenoxy) is 1. The van der Waals surface area contributed by atoms with Crippen molar-refractivity contribution in [1.29, 1.82) is 0 Å². The van der Waals surface area contributed by atoms with Crippen LogP contribution in [0.4, 0.5) is 0 Å². The Bertz CT molecular complexity index is 482. The van der Waals surface area contributed by atoms with Crippen molar-refractivity contribution in [2.45, 2.75) is 32.4 Å². The first-order chi connectivity index (χ1) is 9.38. The Morgan fingerprint density at radius 2 is 2.00 bits per heavy atom. The Morgan fingerprint density at radius 3 is 2.40 bits per heavy atom. The SMILES string of the molecule is Brc1ncc[nH]1.C[Si](C)(C)CCOCn1ccnc1Br. The molecule has 0 aliphatic rings. The fourth-order valence-electron chi connectivity index (χ4n) is 1.19. The predicted molar refractivity (Wildman–Crippen MR) is 90.3 cm³/mol. The van der Waals surface area contributed by atoms with Crippen LogP contribution in [-0.4, -0.2) is 34.2 Å². The highest BCUT2D eigenvalue weighted by molar-refractivity contribution is 9.10. The monoisotopic (exact) mass is 422 g/mol. The van der Waals surface area contributed by atoms with Crippen LogP contribution >= 0.6 is 31.9 Å². The molecule has 1 N–H and O–H groups in total. The smallest absolute Gasteiger partial charge is 0.178 e. The van der Waals surface area contributed by atoms with Crippen LogP contribution in [-0.2, 0) is 11.5 Å².